The van der Waals surface area contributed by atoms with E-state index < -0.39 is 0 Å². The number of likely N-dealkylation sites (N-methyl/N-ethyl adjacent to an activating group) is 1. The van der Waals surface area contributed by atoms with Gasteiger partial charge in [0.2, 0.25) is 5.91 Å². The Bertz CT molecular complexity index is 727. The van der Waals surface area contributed by atoms with Gasteiger partial charge < -0.3 is 15.0 Å². The summed E-state index contributed by atoms with van der Waals surface area (Å²) in [5.74, 6) is 0.259. The van der Waals surface area contributed by atoms with Gasteiger partial charge in [0.25, 0.3) is 0 Å². The van der Waals surface area contributed by atoms with Gasteiger partial charge in [-0.1, -0.05) is 25.6 Å². The molecule has 1 fully saturated rings. The van der Waals surface area contributed by atoms with Crippen LogP contribution >= 0.6 is 11.8 Å². The fourth-order valence-corrected chi connectivity index (χ4v) is 4.84. The Kier molecular flexibility index (Phi) is 7.93. The van der Waals surface area contributed by atoms with Gasteiger partial charge in [0.15, 0.2) is 0 Å². The zero-order chi connectivity index (χ0) is 19.9. The van der Waals surface area contributed by atoms with Gasteiger partial charge in [-0.05, 0) is 45.2 Å². The maximum absolute atomic E-state index is 12.6. The van der Waals surface area contributed by atoms with E-state index >= 15 is 0 Å². The maximum Gasteiger partial charge on any atom is 0.348 e. The van der Waals surface area contributed by atoms with Crippen LogP contribution in [0.1, 0.15) is 44.4 Å². The van der Waals surface area contributed by atoms with Crippen LogP contribution < -0.4 is 11.0 Å². The molecule has 7 nitrogen and oxygen atoms in total. The average Bonchev–Trinajstić information content (AvgIpc) is 3.38. The highest BCUT2D eigenvalue weighted by Crippen LogP contribution is 2.29. The molecule has 1 unspecified atom stereocenters. The first-order valence-electron chi connectivity index (χ1n) is 10.5. The maximum atomic E-state index is 12.6. The SMILES string of the molecule is CCN(CC)CCn1c2c(c(SCC(=O)NCC3CCCO3)nc1=O)CCC2. The summed E-state index contributed by atoms with van der Waals surface area (Å²) in [5.41, 5.74) is 2.10. The molecule has 156 valence electrons. The second-order valence-corrected chi connectivity index (χ2v) is 8.35. The van der Waals surface area contributed by atoms with Crippen molar-refractivity contribution in [1.82, 2.24) is 19.8 Å². The van der Waals surface area contributed by atoms with E-state index in [0.29, 0.717) is 13.1 Å². The lowest BCUT2D eigenvalue weighted by molar-refractivity contribution is -0.119. The smallest absolute Gasteiger partial charge is 0.348 e. The number of aromatic nitrogens is 2. The zero-order valence-electron chi connectivity index (χ0n) is 17.0. The molecule has 0 radical (unpaired) electrons. The lowest BCUT2D eigenvalue weighted by atomic mass is 10.2. The van der Waals surface area contributed by atoms with E-state index in [1.165, 1.54) is 11.8 Å². The molecule has 1 atom stereocenters. The number of ether oxygens (including phenoxy) is 1. The van der Waals surface area contributed by atoms with Gasteiger partial charge >= 0.3 is 5.69 Å². The van der Waals surface area contributed by atoms with Crippen LogP contribution in [0.15, 0.2) is 9.82 Å². The third-order valence-electron chi connectivity index (χ3n) is 5.63. The summed E-state index contributed by atoms with van der Waals surface area (Å²) in [6, 6.07) is 0. The number of rotatable bonds is 10. The van der Waals surface area contributed by atoms with Gasteiger partial charge in [0.05, 0.1) is 11.9 Å². The van der Waals surface area contributed by atoms with E-state index in [0.717, 1.165) is 74.6 Å². The van der Waals surface area contributed by atoms with Crippen LogP contribution in [0, 0.1) is 0 Å². The standard InChI is InChI=1S/C20H32N4O3S/c1-3-23(4-2)10-11-24-17-9-5-8-16(17)19(22-20(24)26)28-14-18(25)21-13-15-7-6-12-27-15/h15H,3-14H2,1-2H3,(H,21,25). The Balaban J connectivity index is 1.61. The van der Waals surface area contributed by atoms with Gasteiger partial charge in [0.1, 0.15) is 5.03 Å². The van der Waals surface area contributed by atoms with E-state index in [4.69, 9.17) is 4.74 Å². The van der Waals surface area contributed by atoms with E-state index in [1.54, 1.807) is 0 Å². The van der Waals surface area contributed by atoms with Crippen molar-refractivity contribution in [1.29, 1.82) is 0 Å². The van der Waals surface area contributed by atoms with Crippen molar-refractivity contribution in [2.75, 3.05) is 38.5 Å². The fraction of sp³-hybridized carbons (Fsp3) is 0.750. The molecule has 1 saturated heterocycles. The van der Waals surface area contributed by atoms with Crippen LogP contribution in [0.5, 0.6) is 0 Å². The van der Waals surface area contributed by atoms with Gasteiger partial charge in [0, 0.05) is 37.5 Å². The normalized spacial score (nSPS) is 18.6. The molecular formula is C20H32N4O3S. The molecule has 1 N–H and O–H groups in total. The zero-order valence-corrected chi connectivity index (χ0v) is 17.9. The van der Waals surface area contributed by atoms with Gasteiger partial charge in [-0.2, -0.15) is 4.98 Å². The third-order valence-corrected chi connectivity index (χ3v) is 6.64. The third kappa shape index (κ3) is 5.36. The number of amides is 1. The summed E-state index contributed by atoms with van der Waals surface area (Å²) in [5, 5.41) is 3.67. The highest BCUT2D eigenvalue weighted by Gasteiger charge is 2.23. The highest BCUT2D eigenvalue weighted by atomic mass is 32.2. The number of nitrogens with one attached hydrogen (secondary N) is 1. The molecule has 0 aromatic carbocycles. The number of hydrogen-bond acceptors (Lipinski definition) is 6. The van der Waals surface area contributed by atoms with Crippen LogP contribution in [-0.2, 0) is 28.9 Å². The molecule has 1 aromatic rings. The van der Waals surface area contributed by atoms with Crippen LogP contribution in [-0.4, -0.2) is 65.0 Å². The van der Waals surface area contributed by atoms with Crippen molar-refractivity contribution < 1.29 is 9.53 Å². The second kappa shape index (κ2) is 10.4. The molecule has 28 heavy (non-hydrogen) atoms. The summed E-state index contributed by atoms with van der Waals surface area (Å²) < 4.78 is 7.38. The van der Waals surface area contributed by atoms with Crippen molar-refractivity contribution in [3.8, 4) is 0 Å². The topological polar surface area (TPSA) is 76.5 Å². The Labute approximate surface area is 171 Å². The first-order chi connectivity index (χ1) is 13.6. The number of hydrogen-bond donors (Lipinski definition) is 1. The molecule has 1 aliphatic heterocycles. The number of nitrogens with zero attached hydrogens (tertiary/aromatic N) is 3. The summed E-state index contributed by atoms with van der Waals surface area (Å²) in [4.78, 5) is 31.4. The fourth-order valence-electron chi connectivity index (χ4n) is 3.94. The average molecular weight is 409 g/mol. The van der Waals surface area contributed by atoms with Crippen molar-refractivity contribution >= 4 is 17.7 Å². The Morgan fingerprint density at radius 3 is 2.86 bits per heavy atom. The quantitative estimate of drug-likeness (QED) is 0.467. The van der Waals surface area contributed by atoms with Crippen LogP contribution in [0.4, 0.5) is 0 Å². The van der Waals surface area contributed by atoms with Gasteiger partial charge in [-0.3, -0.25) is 9.36 Å². The van der Waals surface area contributed by atoms with E-state index in [1.807, 2.05) is 4.57 Å². The van der Waals surface area contributed by atoms with Crippen molar-refractivity contribution in [3.05, 3.63) is 21.7 Å². The predicted octanol–water partition coefficient (Wildman–Crippen LogP) is 1.46. The van der Waals surface area contributed by atoms with Crippen molar-refractivity contribution in [3.63, 3.8) is 0 Å². The summed E-state index contributed by atoms with van der Waals surface area (Å²) in [7, 11) is 0. The Morgan fingerprint density at radius 2 is 2.14 bits per heavy atom. The highest BCUT2D eigenvalue weighted by molar-refractivity contribution is 7.99. The minimum atomic E-state index is -0.185. The van der Waals surface area contributed by atoms with E-state index in [9.17, 15) is 9.59 Å². The molecule has 2 heterocycles. The first kappa shape index (κ1) is 21.3. The molecule has 1 aliphatic carbocycles. The largest absolute Gasteiger partial charge is 0.376 e. The summed E-state index contributed by atoms with van der Waals surface area (Å²) >= 11 is 1.38. The number of thioether (sulfide) groups is 1. The number of fused-ring (bicyclic) bond motifs is 1. The molecule has 2 aliphatic rings. The van der Waals surface area contributed by atoms with Crippen LogP contribution in [0.25, 0.3) is 0 Å². The molecule has 0 spiro atoms. The molecule has 1 amide bonds. The molecule has 8 heteroatoms. The van der Waals surface area contributed by atoms with Gasteiger partial charge in [-0.15, -0.1) is 0 Å². The lowest BCUT2D eigenvalue weighted by Gasteiger charge is -2.20. The lowest BCUT2D eigenvalue weighted by Crippen LogP contribution is -2.34. The Morgan fingerprint density at radius 1 is 1.32 bits per heavy atom. The van der Waals surface area contributed by atoms with E-state index in [-0.39, 0.29) is 23.5 Å². The van der Waals surface area contributed by atoms with Gasteiger partial charge in [-0.25, -0.2) is 4.79 Å². The second-order valence-electron chi connectivity index (χ2n) is 7.38. The molecular weight excluding hydrogens is 376 g/mol. The summed E-state index contributed by atoms with van der Waals surface area (Å²) in [6.45, 7) is 9.14. The van der Waals surface area contributed by atoms with Crippen molar-refractivity contribution in [2.24, 2.45) is 0 Å². The first-order valence-corrected chi connectivity index (χ1v) is 11.5. The van der Waals surface area contributed by atoms with Crippen LogP contribution in [0.2, 0.25) is 0 Å². The minimum Gasteiger partial charge on any atom is -0.376 e. The predicted molar refractivity (Wildman–Crippen MR) is 111 cm³/mol. The number of carbonyl (C=O) groups is 1. The van der Waals surface area contributed by atoms with E-state index in [2.05, 4.69) is 29.0 Å². The van der Waals surface area contributed by atoms with Crippen LogP contribution in [0.3, 0.4) is 0 Å². The molecule has 0 bridgehead atoms. The summed E-state index contributed by atoms with van der Waals surface area (Å²) in [6.07, 6.45) is 5.12. The molecule has 1 aromatic heterocycles. The Hall–Kier alpha value is -1.38. The number of carbonyl (C=O) groups excluding carboxylic acids is 1. The molecule has 0 saturated carbocycles. The van der Waals surface area contributed by atoms with Crippen molar-refractivity contribution in [2.45, 2.75) is 63.6 Å². The monoisotopic (exact) mass is 408 g/mol. The molecule has 3 rings (SSSR count). The minimum absolute atomic E-state index is 0.0280.